The molecule has 1 atom stereocenters. The molecular formula is C15H10F21IO2. The molecule has 0 bridgehead atoms. The van der Waals surface area contributed by atoms with E-state index in [9.17, 15) is 92.2 Å². The number of ether oxygens (including phenoxy) is 1. The Labute approximate surface area is 214 Å². The van der Waals surface area contributed by atoms with Crippen molar-refractivity contribution in [1.29, 1.82) is 0 Å². The van der Waals surface area contributed by atoms with E-state index in [1.165, 1.54) is 22.6 Å². The Kier molecular flexibility index (Phi) is 10.6. The first-order chi connectivity index (χ1) is 16.7. The number of rotatable bonds is 14. The number of hydrogen-bond donors (Lipinski definition) is 1. The number of hydrogen-bond acceptors (Lipinski definition) is 2. The van der Waals surface area contributed by atoms with E-state index >= 15 is 0 Å². The van der Waals surface area contributed by atoms with Crippen LogP contribution in [0.4, 0.5) is 92.2 Å². The van der Waals surface area contributed by atoms with Crippen LogP contribution < -0.4 is 0 Å². The monoisotopic (exact) mass is 748 g/mol. The summed E-state index contributed by atoms with van der Waals surface area (Å²) in [4.78, 5) is 0. The van der Waals surface area contributed by atoms with Crippen LogP contribution in [0.15, 0.2) is 0 Å². The Morgan fingerprint density at radius 1 is 0.487 bits per heavy atom. The van der Waals surface area contributed by atoms with Gasteiger partial charge in [0.2, 0.25) is 0 Å². The van der Waals surface area contributed by atoms with E-state index in [-0.39, 0.29) is 0 Å². The van der Waals surface area contributed by atoms with E-state index in [4.69, 9.17) is 5.11 Å². The van der Waals surface area contributed by atoms with E-state index in [0.29, 0.717) is 0 Å². The summed E-state index contributed by atoms with van der Waals surface area (Å²) < 4.78 is 281. The second-order valence-electron chi connectivity index (χ2n) is 7.40. The van der Waals surface area contributed by atoms with Gasteiger partial charge in [-0.25, -0.2) is 0 Å². The molecule has 39 heavy (non-hydrogen) atoms. The van der Waals surface area contributed by atoms with E-state index < -0.39 is 89.6 Å². The van der Waals surface area contributed by atoms with Crippen molar-refractivity contribution < 1.29 is 102 Å². The largest absolute Gasteiger partial charge is 0.460 e. The van der Waals surface area contributed by atoms with Crippen LogP contribution in [0.2, 0.25) is 0 Å². The van der Waals surface area contributed by atoms with Gasteiger partial charge in [0.15, 0.2) is 0 Å². The first kappa shape index (κ1) is 38.2. The number of alkyl halides is 22. The van der Waals surface area contributed by atoms with Crippen LogP contribution in [0.3, 0.4) is 0 Å². The summed E-state index contributed by atoms with van der Waals surface area (Å²) in [5.74, 6) is -77.0. The van der Waals surface area contributed by atoms with Crippen molar-refractivity contribution in [1.82, 2.24) is 0 Å². The van der Waals surface area contributed by atoms with Crippen LogP contribution in [0.5, 0.6) is 0 Å². The average Bonchev–Trinajstić information content (AvgIpc) is 2.74. The van der Waals surface area contributed by atoms with Gasteiger partial charge >= 0.3 is 59.5 Å². The lowest BCUT2D eigenvalue weighted by molar-refractivity contribution is -0.474. The van der Waals surface area contributed by atoms with Gasteiger partial charge in [-0.1, -0.05) is 22.6 Å². The fraction of sp³-hybridized carbons (Fsp3) is 1.00. The molecule has 0 spiro atoms. The lowest BCUT2D eigenvalue weighted by atomic mass is 9.86. The number of aliphatic hydroxyl groups excluding tert-OH is 1. The number of aliphatic hydroxyl groups is 1. The third-order valence-electron chi connectivity index (χ3n) is 4.63. The SMILES string of the molecule is OCC(I)COCCC(F)(F)C(F)(F)C(F)(F)C(F)(F)C(F)(F)C(F)(F)C(F)(F)C(F)(F)C(F)(F)C(F)(F)F. The molecule has 236 valence electrons. The molecule has 0 amide bonds. The van der Waals surface area contributed by atoms with Gasteiger partial charge in [-0.05, 0) is 0 Å². The predicted molar refractivity (Wildman–Crippen MR) is 90.9 cm³/mol. The van der Waals surface area contributed by atoms with Gasteiger partial charge < -0.3 is 9.84 Å². The van der Waals surface area contributed by atoms with Gasteiger partial charge in [-0.3, -0.25) is 0 Å². The summed E-state index contributed by atoms with van der Waals surface area (Å²) in [6.07, 6.45) is -10.8. The van der Waals surface area contributed by atoms with Crippen molar-refractivity contribution in [2.24, 2.45) is 0 Å². The van der Waals surface area contributed by atoms with Crippen molar-refractivity contribution in [3.8, 4) is 0 Å². The van der Waals surface area contributed by atoms with Crippen LogP contribution in [0, 0.1) is 0 Å². The summed E-state index contributed by atoms with van der Waals surface area (Å²) in [6.45, 7) is -3.41. The molecule has 0 aliphatic rings. The third-order valence-corrected chi connectivity index (χ3v) is 5.39. The summed E-state index contributed by atoms with van der Waals surface area (Å²) in [5, 5.41) is 8.59. The molecule has 0 rings (SSSR count). The van der Waals surface area contributed by atoms with Gasteiger partial charge in [0, 0.05) is 6.42 Å². The quantitative estimate of drug-likeness (QED) is 0.0866. The Balaban J connectivity index is 6.66. The fourth-order valence-electron chi connectivity index (χ4n) is 2.21. The van der Waals surface area contributed by atoms with Crippen LogP contribution in [-0.2, 0) is 4.74 Å². The minimum Gasteiger partial charge on any atom is -0.395 e. The second-order valence-corrected chi connectivity index (χ2v) is 9.16. The highest BCUT2D eigenvalue weighted by molar-refractivity contribution is 14.1. The Morgan fingerprint density at radius 3 is 1.05 bits per heavy atom. The average molecular weight is 748 g/mol. The molecule has 0 aromatic carbocycles. The first-order valence-corrected chi connectivity index (χ1v) is 10.2. The third kappa shape index (κ3) is 5.66. The second kappa shape index (κ2) is 10.8. The molecule has 2 nitrogen and oxygen atoms in total. The maximum absolute atomic E-state index is 13.7. The topological polar surface area (TPSA) is 29.5 Å². The van der Waals surface area contributed by atoms with E-state index in [1.807, 2.05) is 0 Å². The van der Waals surface area contributed by atoms with Crippen LogP contribution in [0.1, 0.15) is 6.42 Å². The van der Waals surface area contributed by atoms with Crippen LogP contribution in [-0.4, -0.2) is 88.3 Å². The zero-order chi connectivity index (χ0) is 32.1. The maximum atomic E-state index is 13.7. The van der Waals surface area contributed by atoms with Crippen LogP contribution >= 0.6 is 22.6 Å². The summed E-state index contributed by atoms with van der Waals surface area (Å²) in [5.41, 5.74) is 0. The minimum absolute atomic E-state index is 0.765. The van der Waals surface area contributed by atoms with Crippen molar-refractivity contribution >= 4 is 22.6 Å². The summed E-state index contributed by atoms with van der Waals surface area (Å²) >= 11 is 1.33. The fourth-order valence-corrected chi connectivity index (χ4v) is 2.47. The van der Waals surface area contributed by atoms with Crippen LogP contribution in [0.25, 0.3) is 0 Å². The molecule has 1 N–H and O–H groups in total. The molecule has 0 aromatic rings. The molecule has 0 aliphatic heterocycles. The van der Waals surface area contributed by atoms with Crippen molar-refractivity contribution in [2.45, 2.75) is 69.8 Å². The molecular weight excluding hydrogens is 738 g/mol. The van der Waals surface area contributed by atoms with Crippen molar-refractivity contribution in [3.63, 3.8) is 0 Å². The highest BCUT2D eigenvalue weighted by Gasteiger charge is 2.97. The van der Waals surface area contributed by atoms with Gasteiger partial charge in [0.05, 0.1) is 23.7 Å². The lowest BCUT2D eigenvalue weighted by Crippen LogP contribution is -2.76. The summed E-state index contributed by atoms with van der Waals surface area (Å²) in [7, 11) is 0. The highest BCUT2D eigenvalue weighted by Crippen LogP contribution is 2.66. The maximum Gasteiger partial charge on any atom is 0.460 e. The molecule has 0 saturated heterocycles. The Morgan fingerprint density at radius 2 is 0.769 bits per heavy atom. The van der Waals surface area contributed by atoms with Gasteiger partial charge in [0.25, 0.3) is 0 Å². The Bertz CT molecular complexity index is 836. The molecule has 0 saturated carbocycles. The molecule has 0 heterocycles. The van der Waals surface area contributed by atoms with Crippen molar-refractivity contribution in [3.05, 3.63) is 0 Å². The zero-order valence-corrected chi connectivity index (χ0v) is 19.7. The highest BCUT2D eigenvalue weighted by atomic mass is 127. The van der Waals surface area contributed by atoms with Gasteiger partial charge in [-0.15, -0.1) is 0 Å². The first-order valence-electron chi connectivity index (χ1n) is 9.00. The number of halogens is 22. The normalized spacial score (nSPS) is 17.0. The smallest absolute Gasteiger partial charge is 0.395 e. The predicted octanol–water partition coefficient (Wildman–Crippen LogP) is 7.47. The van der Waals surface area contributed by atoms with Gasteiger partial charge in [-0.2, -0.15) is 92.2 Å². The molecule has 1 unspecified atom stereocenters. The molecule has 0 aliphatic carbocycles. The molecule has 24 heteroatoms. The molecule has 0 fully saturated rings. The minimum atomic E-state index is -9.18. The standard InChI is InChI=1S/C15H10F21IO2/c16-6(17,1-2-39-4-5(37)3-38)7(18,19)8(20,21)9(22,23)10(24,25)11(26,27)12(28,29)13(30,31)14(32,33)15(34,35)36/h5,38H,1-4H2. The lowest BCUT2D eigenvalue weighted by Gasteiger charge is -2.44. The van der Waals surface area contributed by atoms with Crippen molar-refractivity contribution in [2.75, 3.05) is 19.8 Å². The van der Waals surface area contributed by atoms with E-state index in [0.717, 1.165) is 0 Å². The zero-order valence-electron chi connectivity index (χ0n) is 17.6. The molecule has 0 radical (unpaired) electrons. The Hall–Kier alpha value is -0.820. The van der Waals surface area contributed by atoms with E-state index in [2.05, 4.69) is 4.74 Å². The molecule has 0 aromatic heterocycles. The van der Waals surface area contributed by atoms with E-state index in [1.54, 1.807) is 0 Å². The summed E-state index contributed by atoms with van der Waals surface area (Å²) in [6, 6.07) is 0. The van der Waals surface area contributed by atoms with Gasteiger partial charge in [0.1, 0.15) is 0 Å².